The van der Waals surface area contributed by atoms with Gasteiger partial charge >= 0.3 is 0 Å². The van der Waals surface area contributed by atoms with Crippen molar-refractivity contribution in [3.8, 4) is 5.75 Å². The van der Waals surface area contributed by atoms with E-state index in [1.54, 1.807) is 24.3 Å². The molecule has 7 nitrogen and oxygen atoms in total. The molecule has 35 heavy (non-hydrogen) atoms. The Hall–Kier alpha value is -2.95. The fourth-order valence-electron chi connectivity index (χ4n) is 3.20. The highest BCUT2D eigenvalue weighted by Gasteiger charge is 2.16. The van der Waals surface area contributed by atoms with Gasteiger partial charge in [0, 0.05) is 5.69 Å². The number of benzene rings is 3. The minimum atomic E-state index is -3.76. The van der Waals surface area contributed by atoms with Crippen LogP contribution in [0.2, 0.25) is 0 Å². The molecule has 0 atom stereocenters. The number of sulfonamides is 1. The summed E-state index contributed by atoms with van der Waals surface area (Å²) in [5.74, 6) is 0.133. The monoisotopic (exact) mass is 575 g/mol. The first-order valence-electron chi connectivity index (χ1n) is 10.8. The van der Waals surface area contributed by atoms with E-state index in [0.29, 0.717) is 17.1 Å². The van der Waals surface area contributed by atoms with Crippen LogP contribution in [0.5, 0.6) is 5.75 Å². The third-order valence-electron chi connectivity index (χ3n) is 5.06. The molecule has 3 aromatic rings. The Balaban J connectivity index is 1.54. The standard InChI is InChI=1S/C25H26BrN3O4S2/c1-4-18-6-12-23(21(26)14-18)33-15-24(30)28-25(34)27-19-7-9-20(10-8-19)35(31,32)29-22-11-5-16(2)13-17(22)3/h5-14,29H,4,15H2,1-3H3,(H2,27,28,30,34). The zero-order valence-electron chi connectivity index (χ0n) is 19.5. The summed E-state index contributed by atoms with van der Waals surface area (Å²) in [7, 11) is -3.76. The van der Waals surface area contributed by atoms with Crippen LogP contribution in [0.4, 0.5) is 11.4 Å². The predicted octanol–water partition coefficient (Wildman–Crippen LogP) is 5.32. The molecular weight excluding hydrogens is 550 g/mol. The quantitative estimate of drug-likeness (QED) is 0.314. The molecule has 0 unspecified atom stereocenters. The van der Waals surface area contributed by atoms with Crippen LogP contribution in [-0.4, -0.2) is 26.0 Å². The van der Waals surface area contributed by atoms with Crippen LogP contribution in [0.3, 0.4) is 0 Å². The number of ether oxygens (including phenoxy) is 1. The van der Waals surface area contributed by atoms with E-state index in [1.165, 1.54) is 12.1 Å². The third-order valence-corrected chi connectivity index (χ3v) is 7.27. The van der Waals surface area contributed by atoms with Gasteiger partial charge in [-0.3, -0.25) is 14.8 Å². The summed E-state index contributed by atoms with van der Waals surface area (Å²) < 4.78 is 34.4. The molecule has 0 saturated heterocycles. The molecule has 0 aliphatic heterocycles. The van der Waals surface area contributed by atoms with Crippen molar-refractivity contribution < 1.29 is 17.9 Å². The predicted molar refractivity (Wildman–Crippen MR) is 147 cm³/mol. The maximum Gasteiger partial charge on any atom is 0.264 e. The van der Waals surface area contributed by atoms with Crippen LogP contribution in [0.15, 0.2) is 70.0 Å². The van der Waals surface area contributed by atoms with Gasteiger partial charge in [-0.1, -0.05) is 30.7 Å². The fourth-order valence-corrected chi connectivity index (χ4v) is 5.10. The summed E-state index contributed by atoms with van der Waals surface area (Å²) in [4.78, 5) is 12.3. The van der Waals surface area contributed by atoms with E-state index in [2.05, 4.69) is 38.2 Å². The van der Waals surface area contributed by atoms with Gasteiger partial charge in [0.2, 0.25) is 0 Å². The maximum absolute atomic E-state index is 12.7. The number of carbonyl (C=O) groups excluding carboxylic acids is 1. The third kappa shape index (κ3) is 7.51. The molecule has 3 rings (SSSR count). The maximum atomic E-state index is 12.7. The molecule has 184 valence electrons. The number of nitrogens with one attached hydrogen (secondary N) is 3. The minimum Gasteiger partial charge on any atom is -0.483 e. The van der Waals surface area contributed by atoms with Crippen LogP contribution in [-0.2, 0) is 21.2 Å². The molecule has 10 heteroatoms. The first kappa shape index (κ1) is 26.7. The second-order valence-corrected chi connectivity index (χ2v) is 10.8. The van der Waals surface area contributed by atoms with Gasteiger partial charge < -0.3 is 10.1 Å². The van der Waals surface area contributed by atoms with E-state index >= 15 is 0 Å². The highest BCUT2D eigenvalue weighted by atomic mass is 79.9. The van der Waals surface area contributed by atoms with E-state index in [1.807, 2.05) is 38.1 Å². The van der Waals surface area contributed by atoms with E-state index in [4.69, 9.17) is 17.0 Å². The molecule has 0 bridgehead atoms. The molecular formula is C25H26BrN3O4S2. The summed E-state index contributed by atoms with van der Waals surface area (Å²) in [6, 6.07) is 17.2. The van der Waals surface area contributed by atoms with Gasteiger partial charge in [0.15, 0.2) is 11.7 Å². The van der Waals surface area contributed by atoms with Crippen molar-refractivity contribution in [3.05, 3.63) is 81.8 Å². The van der Waals surface area contributed by atoms with Gasteiger partial charge in [-0.05, 0) is 102 Å². The first-order chi connectivity index (χ1) is 16.6. The highest BCUT2D eigenvalue weighted by Crippen LogP contribution is 2.26. The van der Waals surface area contributed by atoms with E-state index in [-0.39, 0.29) is 16.6 Å². The molecule has 0 spiro atoms. The lowest BCUT2D eigenvalue weighted by atomic mass is 10.1. The molecule has 0 heterocycles. The Bertz CT molecular complexity index is 1340. The van der Waals surface area contributed by atoms with Gasteiger partial charge in [0.05, 0.1) is 15.1 Å². The fraction of sp³-hybridized carbons (Fsp3) is 0.200. The van der Waals surface area contributed by atoms with Crippen molar-refractivity contribution in [3.63, 3.8) is 0 Å². The smallest absolute Gasteiger partial charge is 0.264 e. The second-order valence-electron chi connectivity index (χ2n) is 7.86. The average Bonchev–Trinajstić information content (AvgIpc) is 2.80. The largest absolute Gasteiger partial charge is 0.483 e. The molecule has 0 aromatic heterocycles. The summed E-state index contributed by atoms with van der Waals surface area (Å²) in [6.07, 6.45) is 0.898. The van der Waals surface area contributed by atoms with Crippen LogP contribution < -0.4 is 20.1 Å². The van der Waals surface area contributed by atoms with Gasteiger partial charge in [0.25, 0.3) is 15.9 Å². The van der Waals surface area contributed by atoms with E-state index < -0.39 is 15.9 Å². The number of hydrogen-bond acceptors (Lipinski definition) is 5. The molecule has 3 N–H and O–H groups in total. The molecule has 0 aliphatic carbocycles. The zero-order chi connectivity index (χ0) is 25.6. The lowest BCUT2D eigenvalue weighted by molar-refractivity contribution is -0.121. The van der Waals surface area contributed by atoms with Crippen LogP contribution in [0.1, 0.15) is 23.6 Å². The SMILES string of the molecule is CCc1ccc(OCC(=O)NC(=S)Nc2ccc(S(=O)(=O)Nc3ccc(C)cc3C)cc2)c(Br)c1. The summed E-state index contributed by atoms with van der Waals surface area (Å²) in [6.45, 7) is 5.63. The van der Waals surface area contributed by atoms with Crippen molar-refractivity contribution in [2.45, 2.75) is 32.1 Å². The number of anilines is 2. The number of halogens is 1. The summed E-state index contributed by atoms with van der Waals surface area (Å²) >= 11 is 8.62. The molecule has 1 amide bonds. The Morgan fingerprint density at radius 2 is 1.74 bits per heavy atom. The lowest BCUT2D eigenvalue weighted by Gasteiger charge is -2.13. The number of carbonyl (C=O) groups is 1. The molecule has 0 aliphatic rings. The normalized spacial score (nSPS) is 11.0. The molecule has 0 saturated carbocycles. The Morgan fingerprint density at radius 1 is 1.03 bits per heavy atom. The highest BCUT2D eigenvalue weighted by molar-refractivity contribution is 9.10. The van der Waals surface area contributed by atoms with Crippen molar-refractivity contribution >= 4 is 60.6 Å². The number of rotatable bonds is 8. The average molecular weight is 577 g/mol. The zero-order valence-corrected chi connectivity index (χ0v) is 22.7. The van der Waals surface area contributed by atoms with E-state index in [9.17, 15) is 13.2 Å². The van der Waals surface area contributed by atoms with Gasteiger partial charge in [-0.25, -0.2) is 8.42 Å². The topological polar surface area (TPSA) is 96.5 Å². The van der Waals surface area contributed by atoms with Crippen molar-refractivity contribution in [1.29, 1.82) is 0 Å². The number of hydrogen-bond donors (Lipinski definition) is 3. The van der Waals surface area contributed by atoms with Gasteiger partial charge in [-0.15, -0.1) is 0 Å². The molecule has 0 fully saturated rings. The lowest BCUT2D eigenvalue weighted by Crippen LogP contribution is -2.37. The van der Waals surface area contributed by atoms with Crippen LogP contribution in [0.25, 0.3) is 0 Å². The first-order valence-corrected chi connectivity index (χ1v) is 13.5. The van der Waals surface area contributed by atoms with E-state index in [0.717, 1.165) is 27.6 Å². The van der Waals surface area contributed by atoms with Crippen molar-refractivity contribution in [2.24, 2.45) is 0 Å². The number of aryl methyl sites for hydroxylation is 3. The Kier molecular flexibility index (Phi) is 8.87. The minimum absolute atomic E-state index is 0.0722. The Morgan fingerprint density at radius 3 is 2.37 bits per heavy atom. The number of thiocarbonyl (C=S) groups is 1. The Labute approximate surface area is 219 Å². The molecule has 3 aromatic carbocycles. The second kappa shape index (κ2) is 11.7. The summed E-state index contributed by atoms with van der Waals surface area (Å²) in [5, 5.41) is 5.47. The number of amides is 1. The molecule has 0 radical (unpaired) electrons. The van der Waals surface area contributed by atoms with Gasteiger partial charge in [-0.2, -0.15) is 0 Å². The summed E-state index contributed by atoms with van der Waals surface area (Å²) in [5.41, 5.74) is 4.09. The van der Waals surface area contributed by atoms with Gasteiger partial charge in [0.1, 0.15) is 5.75 Å². The van der Waals surface area contributed by atoms with Crippen molar-refractivity contribution in [1.82, 2.24) is 5.32 Å². The van der Waals surface area contributed by atoms with Crippen molar-refractivity contribution in [2.75, 3.05) is 16.6 Å². The van der Waals surface area contributed by atoms with Crippen LogP contribution in [0, 0.1) is 13.8 Å². The van der Waals surface area contributed by atoms with Crippen LogP contribution >= 0.6 is 28.1 Å².